The third-order valence-electron chi connectivity index (χ3n) is 4.43. The smallest absolute Gasteiger partial charge is 0.317 e. The molecule has 0 aliphatic heterocycles. The predicted octanol–water partition coefficient (Wildman–Crippen LogP) is 2.14. The van der Waals surface area contributed by atoms with Crippen LogP contribution in [-0.4, -0.2) is 31.9 Å². The van der Waals surface area contributed by atoms with Crippen molar-refractivity contribution in [3.8, 4) is 0 Å². The van der Waals surface area contributed by atoms with Crippen molar-refractivity contribution in [2.45, 2.75) is 11.4 Å². The van der Waals surface area contributed by atoms with Gasteiger partial charge in [-0.3, -0.25) is 9.59 Å². The van der Waals surface area contributed by atoms with E-state index in [1.54, 1.807) is 42.5 Å². The summed E-state index contributed by atoms with van der Waals surface area (Å²) in [4.78, 5) is 23.7. The summed E-state index contributed by atoms with van der Waals surface area (Å²) in [6, 6.07) is 20.9. The molecule has 3 aromatic rings. The second-order valence-electron chi connectivity index (χ2n) is 6.46. The number of nitrogens with one attached hydrogen (secondary N) is 2. The Morgan fingerprint density at radius 1 is 0.897 bits per heavy atom. The largest absolute Gasteiger partial charge is 0.481 e. The lowest BCUT2D eigenvalue weighted by Gasteiger charge is -2.14. The minimum absolute atomic E-state index is 0.00466. The summed E-state index contributed by atoms with van der Waals surface area (Å²) >= 11 is 0. The molecule has 3 rings (SSSR count). The molecule has 0 saturated heterocycles. The van der Waals surface area contributed by atoms with Crippen LogP contribution in [0.3, 0.4) is 0 Å². The molecule has 8 heteroatoms. The average molecular weight is 412 g/mol. The molecule has 150 valence electrons. The van der Waals surface area contributed by atoms with Crippen LogP contribution in [0.15, 0.2) is 77.7 Å². The number of aliphatic carboxylic acids is 1. The van der Waals surface area contributed by atoms with E-state index in [0.717, 1.165) is 16.3 Å². The highest BCUT2D eigenvalue weighted by Gasteiger charge is 2.28. The Hall–Kier alpha value is -3.23. The highest BCUT2D eigenvalue weighted by molar-refractivity contribution is 7.89. The van der Waals surface area contributed by atoms with Gasteiger partial charge >= 0.3 is 5.97 Å². The Morgan fingerprint density at radius 3 is 2.24 bits per heavy atom. The fourth-order valence-corrected chi connectivity index (χ4v) is 3.89. The van der Waals surface area contributed by atoms with Crippen molar-refractivity contribution in [2.75, 3.05) is 6.54 Å². The van der Waals surface area contributed by atoms with Crippen molar-refractivity contribution in [1.29, 1.82) is 0 Å². The lowest BCUT2D eigenvalue weighted by molar-refractivity contribution is -0.146. The van der Waals surface area contributed by atoms with E-state index in [4.69, 9.17) is 0 Å². The van der Waals surface area contributed by atoms with Gasteiger partial charge in [-0.15, -0.1) is 0 Å². The van der Waals surface area contributed by atoms with Crippen LogP contribution in [0.5, 0.6) is 0 Å². The lowest BCUT2D eigenvalue weighted by atomic mass is 10.1. The van der Waals surface area contributed by atoms with Gasteiger partial charge in [0.15, 0.2) is 0 Å². The standard InChI is InChI=1S/C21H20N2O5S/c24-20(22-13-15-6-2-1-3-7-15)19(21(25)26)14-23-29(27,28)18-11-10-16-8-4-5-9-17(16)12-18/h1-12,19,23H,13-14H2,(H,22,24)(H,25,26)/t19-/m0/s1. The number of benzene rings is 3. The zero-order chi connectivity index (χ0) is 20.9. The number of rotatable bonds is 8. The molecule has 0 saturated carbocycles. The van der Waals surface area contributed by atoms with Crippen molar-refractivity contribution in [1.82, 2.24) is 10.0 Å². The van der Waals surface area contributed by atoms with Gasteiger partial charge < -0.3 is 10.4 Å². The first-order valence-electron chi connectivity index (χ1n) is 8.90. The van der Waals surface area contributed by atoms with E-state index in [1.165, 1.54) is 12.1 Å². The number of sulfonamides is 1. The molecule has 1 atom stereocenters. The second kappa shape index (κ2) is 8.85. The van der Waals surface area contributed by atoms with Gasteiger partial charge in [-0.25, -0.2) is 13.1 Å². The number of amides is 1. The van der Waals surface area contributed by atoms with Gasteiger partial charge in [0.05, 0.1) is 4.90 Å². The highest BCUT2D eigenvalue weighted by atomic mass is 32.2. The first kappa shape index (κ1) is 20.5. The average Bonchev–Trinajstić information content (AvgIpc) is 2.72. The molecule has 3 aromatic carbocycles. The molecule has 3 N–H and O–H groups in total. The molecule has 0 heterocycles. The normalized spacial score (nSPS) is 12.4. The van der Waals surface area contributed by atoms with Crippen molar-refractivity contribution in [2.24, 2.45) is 5.92 Å². The van der Waals surface area contributed by atoms with Gasteiger partial charge in [0.25, 0.3) is 0 Å². The van der Waals surface area contributed by atoms with Crippen LogP contribution >= 0.6 is 0 Å². The van der Waals surface area contributed by atoms with Crippen LogP contribution in [0.25, 0.3) is 10.8 Å². The molecule has 0 fully saturated rings. The zero-order valence-electron chi connectivity index (χ0n) is 15.4. The quantitative estimate of drug-likeness (QED) is 0.491. The summed E-state index contributed by atoms with van der Waals surface area (Å²) in [5, 5.41) is 13.5. The third-order valence-corrected chi connectivity index (χ3v) is 5.85. The Labute approximate surface area is 168 Å². The number of hydrogen-bond acceptors (Lipinski definition) is 4. The van der Waals surface area contributed by atoms with Crippen LogP contribution in [0.4, 0.5) is 0 Å². The Morgan fingerprint density at radius 2 is 1.55 bits per heavy atom. The minimum Gasteiger partial charge on any atom is -0.481 e. The first-order chi connectivity index (χ1) is 13.9. The topological polar surface area (TPSA) is 113 Å². The molecule has 1 amide bonds. The summed E-state index contributed by atoms with van der Waals surface area (Å²) in [5.41, 5.74) is 0.807. The van der Waals surface area contributed by atoms with E-state index in [2.05, 4.69) is 10.0 Å². The summed E-state index contributed by atoms with van der Waals surface area (Å²) in [7, 11) is -3.97. The van der Waals surface area contributed by atoms with E-state index in [1.807, 2.05) is 18.2 Å². The maximum atomic E-state index is 12.6. The maximum Gasteiger partial charge on any atom is 0.317 e. The van der Waals surface area contributed by atoms with Crippen LogP contribution in [0.2, 0.25) is 0 Å². The summed E-state index contributed by atoms with van der Waals surface area (Å²) in [6.45, 7) is -0.397. The summed E-state index contributed by atoms with van der Waals surface area (Å²) in [6.07, 6.45) is 0. The number of carbonyl (C=O) groups excluding carboxylic acids is 1. The Bertz CT molecular complexity index is 1130. The molecule has 0 aliphatic carbocycles. The van der Waals surface area contributed by atoms with Crippen LogP contribution in [0, 0.1) is 5.92 Å². The van der Waals surface area contributed by atoms with E-state index >= 15 is 0 Å². The fourth-order valence-electron chi connectivity index (χ4n) is 2.81. The lowest BCUT2D eigenvalue weighted by Crippen LogP contribution is -2.42. The number of carboxylic acids is 1. The number of fused-ring (bicyclic) bond motifs is 1. The molecule has 0 bridgehead atoms. The minimum atomic E-state index is -3.97. The monoisotopic (exact) mass is 412 g/mol. The maximum absolute atomic E-state index is 12.6. The summed E-state index contributed by atoms with van der Waals surface area (Å²) < 4.78 is 27.4. The van der Waals surface area contributed by atoms with Crippen molar-refractivity contribution >= 4 is 32.7 Å². The molecular weight excluding hydrogens is 392 g/mol. The van der Waals surface area contributed by atoms with Crippen molar-refractivity contribution < 1.29 is 23.1 Å². The highest BCUT2D eigenvalue weighted by Crippen LogP contribution is 2.19. The third kappa shape index (κ3) is 5.18. The van der Waals surface area contributed by atoms with Gasteiger partial charge in [0.2, 0.25) is 15.9 Å². The molecule has 0 radical (unpaired) electrons. The molecule has 0 spiro atoms. The second-order valence-corrected chi connectivity index (χ2v) is 8.22. The van der Waals surface area contributed by atoms with E-state index in [9.17, 15) is 23.1 Å². The van der Waals surface area contributed by atoms with Crippen LogP contribution in [0.1, 0.15) is 5.56 Å². The number of hydrogen-bond donors (Lipinski definition) is 3. The van der Waals surface area contributed by atoms with Gasteiger partial charge in [-0.2, -0.15) is 0 Å². The molecule has 0 unspecified atom stereocenters. The van der Waals surface area contributed by atoms with Crippen molar-refractivity contribution in [3.05, 3.63) is 78.4 Å². The number of carboxylic acid groups (broad SMARTS) is 1. The first-order valence-corrected chi connectivity index (χ1v) is 10.4. The van der Waals surface area contributed by atoms with Gasteiger partial charge in [0.1, 0.15) is 5.92 Å². The van der Waals surface area contributed by atoms with Gasteiger partial charge in [-0.1, -0.05) is 60.7 Å². The van der Waals surface area contributed by atoms with Crippen LogP contribution in [-0.2, 0) is 26.2 Å². The molecule has 0 aromatic heterocycles. The van der Waals surface area contributed by atoms with Gasteiger partial charge in [-0.05, 0) is 28.5 Å². The number of carbonyl (C=O) groups is 2. The van der Waals surface area contributed by atoms with Crippen LogP contribution < -0.4 is 10.0 Å². The summed E-state index contributed by atoms with van der Waals surface area (Å²) in [5.74, 6) is -3.71. The van der Waals surface area contributed by atoms with Crippen molar-refractivity contribution in [3.63, 3.8) is 0 Å². The molecular formula is C21H20N2O5S. The van der Waals surface area contributed by atoms with E-state index in [0.29, 0.717) is 0 Å². The molecule has 0 aliphatic rings. The van der Waals surface area contributed by atoms with E-state index in [-0.39, 0.29) is 11.4 Å². The molecule has 29 heavy (non-hydrogen) atoms. The van der Waals surface area contributed by atoms with Gasteiger partial charge in [0, 0.05) is 13.1 Å². The predicted molar refractivity (Wildman–Crippen MR) is 109 cm³/mol. The van der Waals surface area contributed by atoms with E-state index < -0.39 is 34.4 Å². The fraction of sp³-hybridized carbons (Fsp3) is 0.143. The SMILES string of the molecule is O=C(O)[C@@H](CNS(=O)(=O)c1ccc2ccccc2c1)C(=O)NCc1ccccc1. The Balaban J connectivity index is 1.68. The zero-order valence-corrected chi connectivity index (χ0v) is 16.2. The molecule has 7 nitrogen and oxygen atoms in total. The Kier molecular flexibility index (Phi) is 6.26.